The third-order valence-electron chi connectivity index (χ3n) is 5.49. The van der Waals surface area contributed by atoms with E-state index < -0.39 is 27.8 Å². The Morgan fingerprint density at radius 2 is 1.71 bits per heavy atom. The first-order valence-electron chi connectivity index (χ1n) is 12.2. The van der Waals surface area contributed by atoms with Crippen molar-refractivity contribution in [3.63, 3.8) is 0 Å². The molecule has 1 heterocycles. The van der Waals surface area contributed by atoms with Gasteiger partial charge in [0, 0.05) is 10.7 Å². The second-order valence-electron chi connectivity index (χ2n) is 9.23. The topological polar surface area (TPSA) is 132 Å². The van der Waals surface area contributed by atoms with Gasteiger partial charge in [-0.25, -0.2) is 17.8 Å². The summed E-state index contributed by atoms with van der Waals surface area (Å²) in [7, 11) is -3.57. The first-order chi connectivity index (χ1) is 18.0. The number of ether oxygens (including phenoxy) is 1. The zero-order valence-electron chi connectivity index (χ0n) is 21.6. The Kier molecular flexibility index (Phi) is 10.4. The highest BCUT2D eigenvalue weighted by Gasteiger charge is 2.29. The number of benzene rings is 2. The number of nitrogens with one attached hydrogen (secondary N) is 2. The Balaban J connectivity index is 1.53. The number of carbonyl (C=O) groups excluding carboxylic acids is 2. The largest absolute Gasteiger partial charge is 0.465 e. The van der Waals surface area contributed by atoms with Gasteiger partial charge in [0.25, 0.3) is 0 Å². The number of sulfonamides is 1. The Bertz CT molecular complexity index is 1320. The summed E-state index contributed by atoms with van der Waals surface area (Å²) in [6.07, 6.45) is 2.06. The minimum Gasteiger partial charge on any atom is -0.465 e. The van der Waals surface area contributed by atoms with Crippen molar-refractivity contribution in [3.05, 3.63) is 76.6 Å². The minimum absolute atomic E-state index is 0.0128. The molecule has 204 valence electrons. The maximum absolute atomic E-state index is 12.7. The molecule has 0 aliphatic heterocycles. The third-order valence-corrected chi connectivity index (χ3v) is 7.04. The number of aromatic nitrogens is 3. The number of anilines is 1. The van der Waals surface area contributed by atoms with Gasteiger partial charge in [0.2, 0.25) is 15.9 Å². The van der Waals surface area contributed by atoms with Crippen LogP contribution in [0.15, 0.2) is 54.7 Å². The van der Waals surface area contributed by atoms with Gasteiger partial charge in [-0.2, -0.15) is 0 Å². The van der Waals surface area contributed by atoms with Gasteiger partial charge in [-0.15, -0.1) is 5.10 Å². The molecule has 1 amide bonds. The van der Waals surface area contributed by atoms with Crippen molar-refractivity contribution in [3.8, 4) is 0 Å². The number of hydrogen-bond donors (Lipinski definition) is 2. The highest BCUT2D eigenvalue weighted by atomic mass is 35.5. The summed E-state index contributed by atoms with van der Waals surface area (Å²) >= 11 is 5.84. The van der Waals surface area contributed by atoms with Crippen molar-refractivity contribution in [1.82, 2.24) is 19.7 Å². The van der Waals surface area contributed by atoms with Gasteiger partial charge in [0.1, 0.15) is 5.92 Å². The molecule has 0 radical (unpaired) electrons. The smallest absolute Gasteiger partial charge is 0.318 e. The normalized spacial score (nSPS) is 12.3. The van der Waals surface area contributed by atoms with E-state index in [9.17, 15) is 18.0 Å². The molecule has 0 spiro atoms. The number of amides is 1. The van der Waals surface area contributed by atoms with E-state index in [2.05, 4.69) is 20.4 Å². The van der Waals surface area contributed by atoms with Crippen molar-refractivity contribution in [2.75, 3.05) is 11.9 Å². The number of esters is 1. The van der Waals surface area contributed by atoms with Crippen LogP contribution in [0.3, 0.4) is 0 Å². The summed E-state index contributed by atoms with van der Waals surface area (Å²) in [4.78, 5) is 24.9. The quantitative estimate of drug-likeness (QED) is 0.240. The molecular weight excluding hydrogens is 530 g/mol. The Morgan fingerprint density at radius 3 is 2.34 bits per heavy atom. The fourth-order valence-electron chi connectivity index (χ4n) is 3.67. The van der Waals surface area contributed by atoms with Gasteiger partial charge in [-0.1, -0.05) is 54.9 Å². The second kappa shape index (κ2) is 13.5. The summed E-state index contributed by atoms with van der Waals surface area (Å²) in [5.41, 5.74) is 2.56. The van der Waals surface area contributed by atoms with Crippen molar-refractivity contribution in [2.24, 2.45) is 11.8 Å². The molecule has 10 nitrogen and oxygen atoms in total. The average Bonchev–Trinajstić information content (AvgIpc) is 3.31. The van der Waals surface area contributed by atoms with Crippen LogP contribution in [0.4, 0.5) is 5.69 Å². The maximum atomic E-state index is 12.7. The van der Waals surface area contributed by atoms with E-state index in [0.29, 0.717) is 34.9 Å². The lowest BCUT2D eigenvalue weighted by atomic mass is 9.96. The summed E-state index contributed by atoms with van der Waals surface area (Å²) in [5, 5.41) is 11.4. The molecule has 38 heavy (non-hydrogen) atoms. The van der Waals surface area contributed by atoms with Crippen LogP contribution in [-0.2, 0) is 43.2 Å². The Labute approximate surface area is 227 Å². The van der Waals surface area contributed by atoms with Crippen LogP contribution in [0.5, 0.6) is 0 Å². The number of carbonyl (C=O) groups is 2. The van der Waals surface area contributed by atoms with Crippen molar-refractivity contribution < 1.29 is 22.7 Å². The fraction of sp³-hybridized carbons (Fsp3) is 0.385. The lowest BCUT2D eigenvalue weighted by Gasteiger charge is -2.17. The standard InChI is InChI=1S/C26H32ClN5O5S/c1-4-37-26(34)24(13-18(2)3)25(33)29-22-11-7-19(8-12-22)15-32-16-23(30-31-32)14-28-38(35,36)17-20-5-9-21(27)10-6-20/h5-12,16,18,24,28H,4,13-15,17H2,1-3H3,(H,29,33). The summed E-state index contributed by atoms with van der Waals surface area (Å²) < 4.78 is 33.9. The van der Waals surface area contributed by atoms with Crippen LogP contribution in [0.2, 0.25) is 5.02 Å². The van der Waals surface area contributed by atoms with Crippen molar-refractivity contribution >= 4 is 39.2 Å². The predicted molar refractivity (Wildman–Crippen MR) is 145 cm³/mol. The van der Waals surface area contributed by atoms with Crippen LogP contribution in [0.25, 0.3) is 0 Å². The molecular formula is C26H32ClN5O5S. The zero-order valence-corrected chi connectivity index (χ0v) is 23.1. The van der Waals surface area contributed by atoms with E-state index in [0.717, 1.165) is 5.56 Å². The second-order valence-corrected chi connectivity index (χ2v) is 11.5. The van der Waals surface area contributed by atoms with E-state index in [4.69, 9.17) is 16.3 Å². The number of nitrogens with zero attached hydrogens (tertiary/aromatic N) is 3. The van der Waals surface area contributed by atoms with Gasteiger partial charge in [0.15, 0.2) is 0 Å². The molecule has 3 aromatic rings. The summed E-state index contributed by atoms with van der Waals surface area (Å²) in [6, 6.07) is 13.8. The minimum atomic E-state index is -3.57. The van der Waals surface area contributed by atoms with Crippen LogP contribution in [0.1, 0.15) is 44.0 Å². The molecule has 0 aliphatic rings. The molecule has 1 aromatic heterocycles. The van der Waals surface area contributed by atoms with Crippen LogP contribution in [0, 0.1) is 11.8 Å². The average molecular weight is 562 g/mol. The predicted octanol–water partition coefficient (Wildman–Crippen LogP) is 3.76. The van der Waals surface area contributed by atoms with Gasteiger partial charge in [-0.05, 0) is 54.7 Å². The summed E-state index contributed by atoms with van der Waals surface area (Å²) in [6.45, 7) is 6.23. The molecule has 1 unspecified atom stereocenters. The highest BCUT2D eigenvalue weighted by Crippen LogP contribution is 2.18. The Morgan fingerprint density at radius 1 is 1.05 bits per heavy atom. The summed E-state index contributed by atoms with van der Waals surface area (Å²) in [5.74, 6) is -1.80. The molecule has 3 rings (SSSR count). The first-order valence-corrected chi connectivity index (χ1v) is 14.2. The van der Waals surface area contributed by atoms with E-state index >= 15 is 0 Å². The molecule has 0 fully saturated rings. The Hall–Kier alpha value is -3.28. The SMILES string of the molecule is CCOC(=O)C(CC(C)C)C(=O)Nc1ccc(Cn2cc(CNS(=O)(=O)Cc3ccc(Cl)cc3)nn2)cc1. The molecule has 0 saturated heterocycles. The van der Waals surface area contributed by atoms with Crippen LogP contribution < -0.4 is 10.0 Å². The zero-order chi connectivity index (χ0) is 27.7. The number of rotatable bonds is 13. The van der Waals surface area contributed by atoms with E-state index in [1.807, 2.05) is 26.0 Å². The lowest BCUT2D eigenvalue weighted by Crippen LogP contribution is -2.32. The molecule has 2 aromatic carbocycles. The van der Waals surface area contributed by atoms with Crippen molar-refractivity contribution in [1.29, 1.82) is 0 Å². The van der Waals surface area contributed by atoms with E-state index in [1.54, 1.807) is 54.2 Å². The van der Waals surface area contributed by atoms with Crippen LogP contribution in [-0.4, -0.2) is 41.9 Å². The molecule has 0 saturated carbocycles. The molecule has 0 bridgehead atoms. The van der Waals surface area contributed by atoms with Gasteiger partial charge in [0.05, 0.1) is 37.3 Å². The molecule has 2 N–H and O–H groups in total. The fourth-order valence-corrected chi connectivity index (χ4v) is 4.89. The van der Waals surface area contributed by atoms with E-state index in [-0.39, 0.29) is 24.8 Å². The van der Waals surface area contributed by atoms with Crippen molar-refractivity contribution in [2.45, 2.75) is 46.0 Å². The number of hydrogen-bond acceptors (Lipinski definition) is 7. The van der Waals surface area contributed by atoms with Gasteiger partial charge >= 0.3 is 5.97 Å². The molecule has 0 aliphatic carbocycles. The van der Waals surface area contributed by atoms with Crippen LogP contribution >= 0.6 is 11.6 Å². The third kappa shape index (κ3) is 9.23. The van der Waals surface area contributed by atoms with E-state index in [1.165, 1.54) is 0 Å². The molecule has 1 atom stereocenters. The van der Waals surface area contributed by atoms with Gasteiger partial charge in [-0.3, -0.25) is 9.59 Å². The monoisotopic (exact) mass is 561 g/mol. The maximum Gasteiger partial charge on any atom is 0.318 e. The lowest BCUT2D eigenvalue weighted by molar-refractivity contribution is -0.151. The molecule has 12 heteroatoms. The first kappa shape index (κ1) is 29.3. The number of halogens is 1. The van der Waals surface area contributed by atoms with Gasteiger partial charge < -0.3 is 10.1 Å². The highest BCUT2D eigenvalue weighted by molar-refractivity contribution is 7.88.